The van der Waals surface area contributed by atoms with Crippen molar-refractivity contribution in [1.82, 2.24) is 15.2 Å². The Hall–Kier alpha value is -1.14. The number of carbonyl (C=O) groups excluding carboxylic acids is 1. The standard InChI is InChI=1S/C17H29N3O2S/c1-12(2)8-16-18-9-14(23-16)10-19-17(22)20(3)11-13-6-4-5-7-15(13)21/h9,12-13,15,21H,4-8,10-11H2,1-3H3,(H,19,22)/t13-,15-/m0/s1. The Morgan fingerprint density at radius 2 is 2.22 bits per heavy atom. The highest BCUT2D eigenvalue weighted by atomic mass is 32.1. The third kappa shape index (κ3) is 5.77. The summed E-state index contributed by atoms with van der Waals surface area (Å²) < 4.78 is 0. The van der Waals surface area contributed by atoms with Gasteiger partial charge in [-0.25, -0.2) is 9.78 Å². The third-order valence-electron chi connectivity index (χ3n) is 4.32. The lowest BCUT2D eigenvalue weighted by molar-refractivity contribution is 0.0565. The Morgan fingerprint density at radius 1 is 1.48 bits per heavy atom. The van der Waals surface area contributed by atoms with E-state index in [0.717, 1.165) is 42.0 Å². The molecule has 130 valence electrons. The predicted molar refractivity (Wildman–Crippen MR) is 93.5 cm³/mol. The number of carbonyl (C=O) groups is 1. The summed E-state index contributed by atoms with van der Waals surface area (Å²) in [5.41, 5.74) is 0. The van der Waals surface area contributed by atoms with Crippen molar-refractivity contribution in [2.24, 2.45) is 11.8 Å². The van der Waals surface area contributed by atoms with Gasteiger partial charge in [-0.1, -0.05) is 26.7 Å². The van der Waals surface area contributed by atoms with Crippen LogP contribution >= 0.6 is 11.3 Å². The molecular weight excluding hydrogens is 310 g/mol. The monoisotopic (exact) mass is 339 g/mol. The summed E-state index contributed by atoms with van der Waals surface area (Å²) in [5.74, 6) is 0.803. The second-order valence-corrected chi connectivity index (χ2v) is 8.17. The van der Waals surface area contributed by atoms with Crippen molar-refractivity contribution >= 4 is 17.4 Å². The van der Waals surface area contributed by atoms with Crippen molar-refractivity contribution in [3.63, 3.8) is 0 Å². The van der Waals surface area contributed by atoms with Gasteiger partial charge >= 0.3 is 6.03 Å². The number of urea groups is 1. The first-order chi connectivity index (χ1) is 11.0. The molecule has 0 bridgehead atoms. The molecule has 0 aromatic carbocycles. The van der Waals surface area contributed by atoms with E-state index in [-0.39, 0.29) is 18.1 Å². The van der Waals surface area contributed by atoms with Crippen molar-refractivity contribution in [1.29, 1.82) is 0 Å². The fourth-order valence-corrected chi connectivity index (χ4v) is 4.08. The van der Waals surface area contributed by atoms with Gasteiger partial charge in [-0.05, 0) is 18.8 Å². The van der Waals surface area contributed by atoms with E-state index in [1.54, 1.807) is 23.3 Å². The first kappa shape index (κ1) is 18.2. The summed E-state index contributed by atoms with van der Waals surface area (Å²) in [4.78, 5) is 19.4. The Morgan fingerprint density at radius 3 is 2.91 bits per heavy atom. The van der Waals surface area contributed by atoms with E-state index in [4.69, 9.17) is 0 Å². The van der Waals surface area contributed by atoms with Crippen LogP contribution in [-0.4, -0.2) is 40.7 Å². The maximum Gasteiger partial charge on any atom is 0.317 e. The Kier molecular flexibility index (Phi) is 6.84. The van der Waals surface area contributed by atoms with Crippen LogP contribution < -0.4 is 5.32 Å². The number of amides is 2. The predicted octanol–water partition coefficient (Wildman–Crippen LogP) is 3.03. The molecule has 0 radical (unpaired) electrons. The van der Waals surface area contributed by atoms with E-state index in [2.05, 4.69) is 24.1 Å². The zero-order valence-corrected chi connectivity index (χ0v) is 15.2. The van der Waals surface area contributed by atoms with Crippen LogP contribution in [0.5, 0.6) is 0 Å². The first-order valence-corrected chi connectivity index (χ1v) is 9.38. The molecule has 2 N–H and O–H groups in total. The first-order valence-electron chi connectivity index (χ1n) is 8.56. The van der Waals surface area contributed by atoms with Crippen LogP contribution in [0.3, 0.4) is 0 Å². The van der Waals surface area contributed by atoms with Gasteiger partial charge in [-0.3, -0.25) is 0 Å². The molecule has 1 aromatic heterocycles. The van der Waals surface area contributed by atoms with Gasteiger partial charge in [0.1, 0.15) is 0 Å². The van der Waals surface area contributed by atoms with Crippen molar-refractivity contribution in [2.45, 2.75) is 58.6 Å². The van der Waals surface area contributed by atoms with Crippen molar-refractivity contribution in [2.75, 3.05) is 13.6 Å². The number of nitrogens with one attached hydrogen (secondary N) is 1. The van der Waals surface area contributed by atoms with Crippen molar-refractivity contribution in [3.05, 3.63) is 16.1 Å². The lowest BCUT2D eigenvalue weighted by Gasteiger charge is -2.31. The minimum atomic E-state index is -0.265. The lowest BCUT2D eigenvalue weighted by Crippen LogP contribution is -2.42. The zero-order chi connectivity index (χ0) is 16.8. The Bertz CT molecular complexity index is 504. The smallest absolute Gasteiger partial charge is 0.317 e. The van der Waals surface area contributed by atoms with Crippen LogP contribution in [0.4, 0.5) is 4.79 Å². The molecule has 2 amide bonds. The summed E-state index contributed by atoms with van der Waals surface area (Å²) in [6.07, 6.45) is 6.69. The van der Waals surface area contributed by atoms with E-state index in [1.807, 2.05) is 6.20 Å². The lowest BCUT2D eigenvalue weighted by atomic mass is 9.86. The SMILES string of the molecule is CC(C)Cc1ncc(CNC(=O)N(C)C[C@@H]2CCCC[C@@H]2O)s1. The van der Waals surface area contributed by atoms with E-state index >= 15 is 0 Å². The summed E-state index contributed by atoms with van der Waals surface area (Å²) >= 11 is 1.67. The van der Waals surface area contributed by atoms with Gasteiger partial charge in [0.05, 0.1) is 17.7 Å². The molecule has 6 heteroatoms. The highest BCUT2D eigenvalue weighted by molar-refractivity contribution is 7.11. The minimum absolute atomic E-state index is 0.0819. The van der Waals surface area contributed by atoms with Gasteiger partial charge in [-0.2, -0.15) is 0 Å². The molecule has 1 aromatic rings. The third-order valence-corrected chi connectivity index (χ3v) is 5.34. The second-order valence-electron chi connectivity index (χ2n) is 6.97. The van der Waals surface area contributed by atoms with E-state index in [9.17, 15) is 9.90 Å². The molecular formula is C17H29N3O2S. The molecule has 5 nitrogen and oxygen atoms in total. The topological polar surface area (TPSA) is 65.5 Å². The van der Waals surface area contributed by atoms with Gasteiger partial charge in [0.25, 0.3) is 0 Å². The molecule has 1 saturated carbocycles. The fraction of sp³-hybridized carbons (Fsp3) is 0.765. The number of nitrogens with zero attached hydrogens (tertiary/aromatic N) is 2. The summed E-state index contributed by atoms with van der Waals surface area (Å²) in [5, 5.41) is 14.1. The number of aliphatic hydroxyl groups is 1. The highest BCUT2D eigenvalue weighted by Crippen LogP contribution is 2.25. The zero-order valence-electron chi connectivity index (χ0n) is 14.4. The largest absolute Gasteiger partial charge is 0.393 e. The van der Waals surface area contributed by atoms with E-state index in [0.29, 0.717) is 19.0 Å². The van der Waals surface area contributed by atoms with Crippen molar-refractivity contribution in [3.8, 4) is 0 Å². The number of rotatable bonds is 6. The van der Waals surface area contributed by atoms with Crippen LogP contribution in [0.2, 0.25) is 0 Å². The second kappa shape index (κ2) is 8.64. The van der Waals surface area contributed by atoms with Gasteiger partial charge in [0, 0.05) is 37.0 Å². The van der Waals surface area contributed by atoms with Gasteiger partial charge in [0.2, 0.25) is 0 Å². The number of thiazole rings is 1. The minimum Gasteiger partial charge on any atom is -0.393 e. The molecule has 0 unspecified atom stereocenters. The molecule has 0 aliphatic heterocycles. The molecule has 0 spiro atoms. The molecule has 1 heterocycles. The number of hydrogen-bond donors (Lipinski definition) is 2. The Labute approximate surface area is 143 Å². The maximum absolute atomic E-state index is 12.2. The van der Waals surface area contributed by atoms with E-state index in [1.165, 1.54) is 0 Å². The maximum atomic E-state index is 12.2. The molecule has 0 saturated heterocycles. The van der Waals surface area contributed by atoms with E-state index < -0.39 is 0 Å². The van der Waals surface area contributed by atoms with Crippen LogP contribution in [0.15, 0.2) is 6.20 Å². The number of aromatic nitrogens is 1. The van der Waals surface area contributed by atoms with Crippen LogP contribution in [0, 0.1) is 11.8 Å². The van der Waals surface area contributed by atoms with Gasteiger partial charge in [0.15, 0.2) is 0 Å². The molecule has 2 rings (SSSR count). The quantitative estimate of drug-likeness (QED) is 0.837. The summed E-state index contributed by atoms with van der Waals surface area (Å²) in [6.45, 7) is 5.50. The molecule has 1 aliphatic rings. The number of aliphatic hydroxyl groups excluding tert-OH is 1. The Balaban J connectivity index is 1.76. The molecule has 2 atom stereocenters. The van der Waals surface area contributed by atoms with Gasteiger partial charge in [-0.15, -0.1) is 11.3 Å². The molecule has 1 fully saturated rings. The molecule has 1 aliphatic carbocycles. The van der Waals surface area contributed by atoms with Crippen molar-refractivity contribution < 1.29 is 9.90 Å². The van der Waals surface area contributed by atoms with Crippen LogP contribution in [0.25, 0.3) is 0 Å². The normalized spacial score (nSPS) is 21.4. The summed E-state index contributed by atoms with van der Waals surface area (Å²) in [6, 6.07) is -0.0819. The summed E-state index contributed by atoms with van der Waals surface area (Å²) in [7, 11) is 1.80. The highest BCUT2D eigenvalue weighted by Gasteiger charge is 2.25. The average molecular weight is 340 g/mol. The average Bonchev–Trinajstić information content (AvgIpc) is 2.93. The van der Waals surface area contributed by atoms with Crippen LogP contribution in [0.1, 0.15) is 49.4 Å². The number of hydrogen-bond acceptors (Lipinski definition) is 4. The fourth-order valence-electron chi connectivity index (χ4n) is 3.01. The van der Waals surface area contributed by atoms with Gasteiger partial charge < -0.3 is 15.3 Å². The van der Waals surface area contributed by atoms with Crippen LogP contribution in [-0.2, 0) is 13.0 Å². The molecule has 23 heavy (non-hydrogen) atoms.